The topological polar surface area (TPSA) is 77.5 Å². The zero-order chi connectivity index (χ0) is 14.2. The molecular weight excluding hydrogens is 252 g/mol. The molecule has 6 heteroatoms. The molecule has 0 aliphatic carbocycles. The third-order valence-corrected chi connectivity index (χ3v) is 3.16. The number of esters is 1. The van der Waals surface area contributed by atoms with E-state index >= 15 is 0 Å². The van der Waals surface area contributed by atoms with Crippen LogP contribution in [0.1, 0.15) is 20.8 Å². The molecule has 2 fully saturated rings. The average Bonchev–Trinajstić information content (AvgIpc) is 3.06. The van der Waals surface area contributed by atoms with E-state index < -0.39 is 24.0 Å². The zero-order valence-corrected chi connectivity index (χ0v) is 11.4. The predicted molar refractivity (Wildman–Crippen MR) is 65.3 cm³/mol. The molecule has 0 aromatic heterocycles. The first kappa shape index (κ1) is 14.5. The van der Waals surface area contributed by atoms with Crippen LogP contribution in [0.5, 0.6) is 0 Å². The Morgan fingerprint density at radius 1 is 1.58 bits per heavy atom. The van der Waals surface area contributed by atoms with Gasteiger partial charge in [0.1, 0.15) is 24.4 Å². The van der Waals surface area contributed by atoms with Crippen molar-refractivity contribution >= 4 is 5.97 Å². The number of aliphatic hydroxyl groups excluding tert-OH is 1. The van der Waals surface area contributed by atoms with E-state index in [0.29, 0.717) is 6.61 Å². The second-order valence-corrected chi connectivity index (χ2v) is 5.12. The van der Waals surface area contributed by atoms with E-state index in [4.69, 9.17) is 18.9 Å². The number of rotatable bonds is 5. The van der Waals surface area contributed by atoms with Crippen molar-refractivity contribution in [2.75, 3.05) is 13.2 Å². The standard InChI is InChI=1S/C13H20O6/c1-5-16-12(15)7(2)9(14)11-10(18-11)8-6-17-13(3,4)19-8/h8-11,14H,2,5-6H2,1,3-4H3/t8-,9+,10+,11+/m1/s1. The van der Waals surface area contributed by atoms with Crippen LogP contribution in [0.2, 0.25) is 0 Å². The lowest BCUT2D eigenvalue weighted by atomic mass is 10.0. The van der Waals surface area contributed by atoms with Crippen LogP contribution in [0, 0.1) is 0 Å². The number of hydrogen-bond donors (Lipinski definition) is 1. The van der Waals surface area contributed by atoms with Crippen LogP contribution in [-0.2, 0) is 23.7 Å². The van der Waals surface area contributed by atoms with Crippen LogP contribution in [0.25, 0.3) is 0 Å². The van der Waals surface area contributed by atoms with Gasteiger partial charge in [-0.05, 0) is 20.8 Å². The molecule has 2 rings (SSSR count). The molecule has 0 saturated carbocycles. The maximum Gasteiger partial charge on any atom is 0.336 e. The molecule has 0 spiro atoms. The van der Waals surface area contributed by atoms with Crippen molar-refractivity contribution in [3.63, 3.8) is 0 Å². The first-order chi connectivity index (χ1) is 8.85. The van der Waals surface area contributed by atoms with Crippen molar-refractivity contribution in [3.8, 4) is 0 Å². The van der Waals surface area contributed by atoms with E-state index in [2.05, 4.69) is 6.58 Å². The molecule has 0 aromatic rings. The van der Waals surface area contributed by atoms with Crippen LogP contribution in [-0.4, -0.2) is 54.5 Å². The fraction of sp³-hybridized carbons (Fsp3) is 0.769. The number of carbonyl (C=O) groups is 1. The van der Waals surface area contributed by atoms with E-state index in [1.807, 2.05) is 13.8 Å². The molecular formula is C13H20O6. The van der Waals surface area contributed by atoms with Crippen molar-refractivity contribution in [3.05, 3.63) is 12.2 Å². The van der Waals surface area contributed by atoms with Crippen LogP contribution >= 0.6 is 0 Å². The summed E-state index contributed by atoms with van der Waals surface area (Å²) >= 11 is 0. The lowest BCUT2D eigenvalue weighted by Gasteiger charge is -2.16. The molecule has 2 heterocycles. The van der Waals surface area contributed by atoms with E-state index in [1.54, 1.807) is 6.92 Å². The lowest BCUT2D eigenvalue weighted by molar-refractivity contribution is -0.141. The van der Waals surface area contributed by atoms with Gasteiger partial charge in [-0.3, -0.25) is 0 Å². The molecule has 1 N–H and O–H groups in total. The van der Waals surface area contributed by atoms with Gasteiger partial charge in [0.15, 0.2) is 5.79 Å². The fourth-order valence-corrected chi connectivity index (χ4v) is 2.11. The largest absolute Gasteiger partial charge is 0.463 e. The van der Waals surface area contributed by atoms with Crippen molar-refractivity contribution in [2.45, 2.75) is 51.0 Å². The SMILES string of the molecule is C=C(C(=O)OCC)[C@H](O)[C@@H]1O[C@H]1[C@H]1COC(C)(C)O1. The van der Waals surface area contributed by atoms with Crippen molar-refractivity contribution < 1.29 is 28.8 Å². The van der Waals surface area contributed by atoms with Gasteiger partial charge in [-0.15, -0.1) is 0 Å². The summed E-state index contributed by atoms with van der Waals surface area (Å²) in [5.41, 5.74) is 0.00697. The van der Waals surface area contributed by atoms with Gasteiger partial charge in [0, 0.05) is 0 Å². The quantitative estimate of drug-likeness (QED) is 0.443. The molecule has 2 aliphatic heterocycles. The molecule has 2 aliphatic rings. The van der Waals surface area contributed by atoms with Crippen molar-refractivity contribution in [1.82, 2.24) is 0 Å². The second kappa shape index (κ2) is 5.20. The third-order valence-electron chi connectivity index (χ3n) is 3.16. The van der Waals surface area contributed by atoms with Gasteiger partial charge in [0.25, 0.3) is 0 Å². The Hall–Kier alpha value is -0.950. The minimum absolute atomic E-state index is 0.00697. The van der Waals surface area contributed by atoms with E-state index in [9.17, 15) is 9.90 Å². The highest BCUT2D eigenvalue weighted by Gasteiger charge is 2.54. The maximum atomic E-state index is 11.5. The molecule has 4 atom stereocenters. The lowest BCUT2D eigenvalue weighted by Crippen LogP contribution is -2.30. The van der Waals surface area contributed by atoms with Crippen molar-refractivity contribution in [1.29, 1.82) is 0 Å². The van der Waals surface area contributed by atoms with E-state index in [-0.39, 0.29) is 24.4 Å². The monoisotopic (exact) mass is 272 g/mol. The fourth-order valence-electron chi connectivity index (χ4n) is 2.11. The summed E-state index contributed by atoms with van der Waals surface area (Å²) in [6, 6.07) is 0. The Labute approximate surface area is 112 Å². The summed E-state index contributed by atoms with van der Waals surface area (Å²) in [5.74, 6) is -1.24. The Balaban J connectivity index is 1.85. The van der Waals surface area contributed by atoms with Crippen LogP contribution in [0.4, 0.5) is 0 Å². The summed E-state index contributed by atoms with van der Waals surface area (Å²) in [5, 5.41) is 9.99. The Morgan fingerprint density at radius 3 is 2.79 bits per heavy atom. The number of aliphatic hydroxyl groups is 1. The Kier molecular flexibility index (Phi) is 3.96. The van der Waals surface area contributed by atoms with Gasteiger partial charge in [-0.25, -0.2) is 4.79 Å². The summed E-state index contributed by atoms with van der Waals surface area (Å²) in [6.07, 6.45) is -2.07. The minimum atomic E-state index is -1.07. The van der Waals surface area contributed by atoms with Crippen LogP contribution in [0.15, 0.2) is 12.2 Å². The molecule has 0 amide bonds. The van der Waals surface area contributed by atoms with Gasteiger partial charge >= 0.3 is 5.97 Å². The molecule has 19 heavy (non-hydrogen) atoms. The summed E-state index contributed by atoms with van der Waals surface area (Å²) in [6.45, 7) is 9.53. The Morgan fingerprint density at radius 2 is 2.26 bits per heavy atom. The summed E-state index contributed by atoms with van der Waals surface area (Å²) in [4.78, 5) is 11.5. The molecule has 0 aromatic carbocycles. The zero-order valence-electron chi connectivity index (χ0n) is 11.4. The highest BCUT2D eigenvalue weighted by Crippen LogP contribution is 2.37. The molecule has 6 nitrogen and oxygen atoms in total. The average molecular weight is 272 g/mol. The smallest absolute Gasteiger partial charge is 0.336 e. The molecule has 0 radical (unpaired) electrons. The predicted octanol–water partition coefficient (Wildman–Crippen LogP) is 0.385. The molecule has 0 bridgehead atoms. The highest BCUT2D eigenvalue weighted by molar-refractivity contribution is 5.89. The number of carbonyl (C=O) groups excluding carboxylic acids is 1. The summed E-state index contributed by atoms with van der Waals surface area (Å²) in [7, 11) is 0. The first-order valence-electron chi connectivity index (χ1n) is 6.37. The number of epoxide rings is 1. The molecule has 2 saturated heterocycles. The molecule has 0 unspecified atom stereocenters. The molecule has 108 valence electrons. The van der Waals surface area contributed by atoms with Gasteiger partial charge in [-0.1, -0.05) is 6.58 Å². The summed E-state index contributed by atoms with van der Waals surface area (Å²) < 4.78 is 21.2. The first-order valence-corrected chi connectivity index (χ1v) is 6.37. The Bertz CT molecular complexity index is 377. The van der Waals surface area contributed by atoms with Gasteiger partial charge in [0.2, 0.25) is 0 Å². The van der Waals surface area contributed by atoms with Gasteiger partial charge in [0.05, 0.1) is 18.8 Å². The van der Waals surface area contributed by atoms with Crippen molar-refractivity contribution in [2.24, 2.45) is 0 Å². The number of ether oxygens (including phenoxy) is 4. The van der Waals surface area contributed by atoms with Crippen LogP contribution < -0.4 is 0 Å². The van der Waals surface area contributed by atoms with Gasteiger partial charge in [-0.2, -0.15) is 0 Å². The van der Waals surface area contributed by atoms with E-state index in [0.717, 1.165) is 0 Å². The van der Waals surface area contributed by atoms with E-state index in [1.165, 1.54) is 0 Å². The minimum Gasteiger partial charge on any atom is -0.463 e. The maximum absolute atomic E-state index is 11.5. The number of hydrogen-bond acceptors (Lipinski definition) is 6. The normalized spacial score (nSPS) is 33.8. The third kappa shape index (κ3) is 3.14. The highest BCUT2D eigenvalue weighted by atomic mass is 16.8. The second-order valence-electron chi connectivity index (χ2n) is 5.12. The van der Waals surface area contributed by atoms with Crippen LogP contribution in [0.3, 0.4) is 0 Å². The van der Waals surface area contributed by atoms with Gasteiger partial charge < -0.3 is 24.1 Å².